The van der Waals surface area contributed by atoms with Gasteiger partial charge < -0.3 is 14.4 Å². The Bertz CT molecular complexity index is 2530. The van der Waals surface area contributed by atoms with E-state index >= 15 is 0 Å². The molecule has 0 radical (unpaired) electrons. The topological polar surface area (TPSA) is 46.4 Å². The van der Waals surface area contributed by atoms with Gasteiger partial charge in [-0.2, -0.15) is 0 Å². The van der Waals surface area contributed by atoms with Crippen LogP contribution in [0.5, 0.6) is 11.5 Å². The Hall–Kier alpha value is -6.34. The summed E-state index contributed by atoms with van der Waals surface area (Å²) < 4.78 is 8.95. The van der Waals surface area contributed by atoms with E-state index in [1.54, 1.807) is 0 Å². The molecule has 0 saturated carbocycles. The third-order valence-corrected chi connectivity index (χ3v) is 9.69. The van der Waals surface area contributed by atoms with E-state index in [0.29, 0.717) is 0 Å². The molecule has 0 saturated heterocycles. The van der Waals surface area contributed by atoms with Crippen LogP contribution >= 0.6 is 0 Å². The lowest BCUT2D eigenvalue weighted by atomic mass is 9.64. The summed E-state index contributed by atoms with van der Waals surface area (Å²) in [6.45, 7) is 6.54. The highest BCUT2D eigenvalue weighted by atomic mass is 16.5. The molecule has 1 aliphatic heterocycles. The number of ether oxygens (including phenoxy) is 1. The maximum absolute atomic E-state index is 6.70. The van der Waals surface area contributed by atoms with Crippen LogP contribution in [-0.4, -0.2) is 21.5 Å². The molecule has 0 unspecified atom stereocenters. The van der Waals surface area contributed by atoms with Crippen molar-refractivity contribution in [1.82, 2.24) is 14.5 Å². The molecule has 51 heavy (non-hydrogen) atoms. The summed E-state index contributed by atoms with van der Waals surface area (Å²) in [6, 6.07) is 52.7. The normalized spacial score (nSPS) is 12.9. The molecule has 1 aliphatic rings. The Morgan fingerprint density at radius 3 is 2.10 bits per heavy atom. The van der Waals surface area contributed by atoms with Crippen molar-refractivity contribution in [2.45, 2.75) is 26.2 Å². The number of pyridine rings is 2. The number of benzene rings is 5. The number of aromatic nitrogens is 3. The third kappa shape index (κ3) is 5.38. The molecule has 0 amide bonds. The summed E-state index contributed by atoms with van der Waals surface area (Å²) in [5, 5.41) is 2.33. The van der Waals surface area contributed by atoms with E-state index in [1.807, 2.05) is 24.5 Å². The second-order valence-electron chi connectivity index (χ2n) is 14.0. The molecule has 6 nitrogen and oxygen atoms in total. The van der Waals surface area contributed by atoms with Gasteiger partial charge in [0, 0.05) is 46.7 Å². The van der Waals surface area contributed by atoms with Crippen LogP contribution in [0.4, 0.5) is 22.9 Å². The zero-order valence-electron chi connectivity index (χ0n) is 28.8. The minimum atomic E-state index is -0.155. The molecule has 8 aromatic rings. The van der Waals surface area contributed by atoms with Crippen molar-refractivity contribution in [3.63, 3.8) is 0 Å². The summed E-state index contributed by atoms with van der Waals surface area (Å²) in [4.78, 5) is 14.4. The largest absolute Gasteiger partial charge is 0.457 e. The first-order valence-electron chi connectivity index (χ1n) is 17.4. The van der Waals surface area contributed by atoms with Crippen molar-refractivity contribution in [2.75, 3.05) is 9.62 Å². The molecule has 0 fully saturated rings. The minimum absolute atomic E-state index is 0.00123. The number of para-hydroxylation sites is 2. The van der Waals surface area contributed by atoms with Crippen molar-refractivity contribution in [1.29, 1.82) is 0 Å². The van der Waals surface area contributed by atoms with Crippen molar-refractivity contribution >= 4 is 57.1 Å². The van der Waals surface area contributed by atoms with Crippen molar-refractivity contribution < 1.29 is 4.74 Å². The predicted molar refractivity (Wildman–Crippen MR) is 211 cm³/mol. The molecule has 7 heteroatoms. The van der Waals surface area contributed by atoms with Crippen LogP contribution in [0.3, 0.4) is 0 Å². The maximum Gasteiger partial charge on any atom is 0.421 e. The van der Waals surface area contributed by atoms with Gasteiger partial charge in [0.05, 0.1) is 16.7 Å². The highest BCUT2D eigenvalue weighted by molar-refractivity contribution is 6.84. The van der Waals surface area contributed by atoms with Crippen molar-refractivity contribution in [3.05, 3.63) is 170 Å². The average molecular weight is 662 g/mol. The smallest absolute Gasteiger partial charge is 0.421 e. The van der Waals surface area contributed by atoms with Crippen molar-refractivity contribution in [3.8, 4) is 17.3 Å². The predicted octanol–water partition coefficient (Wildman–Crippen LogP) is 10.3. The van der Waals surface area contributed by atoms with E-state index in [1.165, 1.54) is 10.9 Å². The quantitative estimate of drug-likeness (QED) is 0.166. The molecule has 0 N–H and O–H groups in total. The minimum Gasteiger partial charge on any atom is -0.457 e. The van der Waals surface area contributed by atoms with Crippen LogP contribution < -0.4 is 19.8 Å². The number of anilines is 4. The van der Waals surface area contributed by atoms with Gasteiger partial charge >= 0.3 is 6.98 Å². The summed E-state index contributed by atoms with van der Waals surface area (Å²) in [5.41, 5.74) is 7.68. The maximum atomic E-state index is 6.70. The van der Waals surface area contributed by atoms with Gasteiger partial charge in [-0.3, -0.25) is 4.57 Å². The van der Waals surface area contributed by atoms with Gasteiger partial charge in [0.15, 0.2) is 0 Å². The first-order valence-corrected chi connectivity index (χ1v) is 17.4. The Kier molecular flexibility index (Phi) is 7.35. The molecular formula is C44H36BN5O. The van der Waals surface area contributed by atoms with E-state index in [4.69, 9.17) is 14.7 Å². The number of hydrogen-bond donors (Lipinski definition) is 0. The zero-order chi connectivity index (χ0) is 34.5. The second-order valence-corrected chi connectivity index (χ2v) is 14.0. The van der Waals surface area contributed by atoms with Gasteiger partial charge in [0.25, 0.3) is 0 Å². The number of hydrogen-bond acceptors (Lipinski definition) is 5. The first-order chi connectivity index (χ1) is 24.9. The molecule has 246 valence electrons. The van der Waals surface area contributed by atoms with Crippen LogP contribution in [0, 0.1) is 0 Å². The fourth-order valence-electron chi connectivity index (χ4n) is 7.28. The Balaban J connectivity index is 1.14. The van der Waals surface area contributed by atoms with E-state index in [-0.39, 0.29) is 12.4 Å². The monoisotopic (exact) mass is 661 g/mol. The van der Waals surface area contributed by atoms with Gasteiger partial charge in [-0.25, -0.2) is 9.97 Å². The zero-order valence-corrected chi connectivity index (χ0v) is 28.8. The number of fused-ring (bicyclic) bond motifs is 4. The highest BCUT2D eigenvalue weighted by Crippen LogP contribution is 2.45. The van der Waals surface area contributed by atoms with Crippen LogP contribution in [0.15, 0.2) is 164 Å². The van der Waals surface area contributed by atoms with Crippen molar-refractivity contribution in [2.24, 2.45) is 0 Å². The van der Waals surface area contributed by atoms with Crippen LogP contribution in [0.1, 0.15) is 26.3 Å². The molecule has 3 aromatic heterocycles. The average Bonchev–Trinajstić information content (AvgIpc) is 3.68. The SMILES string of the molecule is CC(C)(C)c1ccnc(-n2c3ccccc3c3ccc(Oc4cccc(N5B(c6ccccc6)N(c6ccccc6)c6cccnc65)c4)cc32)c1. The molecule has 0 atom stereocenters. The summed E-state index contributed by atoms with van der Waals surface area (Å²) >= 11 is 0. The lowest BCUT2D eigenvalue weighted by molar-refractivity contribution is 0.483. The molecule has 4 heterocycles. The lowest BCUT2D eigenvalue weighted by Gasteiger charge is -2.29. The standard InChI is InChI=1S/C44H36BN5O/c1-44(2,3)31-25-27-46-42(28-31)48-39-21-11-10-20-37(39)38-24-23-36(30-41(38)48)51-35-19-12-18-34(29-35)50-43-40(22-13-26-47-43)49(33-16-8-5-9-17-33)45(50)32-14-6-4-7-15-32/h4-30H,1-3H3. The fraction of sp³-hybridized carbons (Fsp3) is 0.0909. The van der Waals surface area contributed by atoms with Gasteiger partial charge in [0.2, 0.25) is 0 Å². The van der Waals surface area contributed by atoms with E-state index < -0.39 is 0 Å². The third-order valence-electron chi connectivity index (χ3n) is 9.69. The summed E-state index contributed by atoms with van der Waals surface area (Å²) in [6.07, 6.45) is 3.78. The molecule has 9 rings (SSSR count). The van der Waals surface area contributed by atoms with Crippen LogP contribution in [0.2, 0.25) is 0 Å². The second kappa shape index (κ2) is 12.2. The molecule has 0 bridgehead atoms. The molecular weight excluding hydrogens is 625 g/mol. The highest BCUT2D eigenvalue weighted by Gasteiger charge is 2.44. The number of nitrogens with zero attached hydrogens (tertiary/aromatic N) is 5. The first kappa shape index (κ1) is 30.7. The fourth-order valence-corrected chi connectivity index (χ4v) is 7.28. The lowest BCUT2D eigenvalue weighted by Crippen LogP contribution is -2.53. The Labute approximate surface area is 298 Å². The Morgan fingerprint density at radius 2 is 1.27 bits per heavy atom. The van der Waals surface area contributed by atoms with Gasteiger partial charge in [0.1, 0.15) is 23.1 Å². The van der Waals surface area contributed by atoms with Crippen LogP contribution in [-0.2, 0) is 5.41 Å². The van der Waals surface area contributed by atoms with Gasteiger partial charge in [-0.1, -0.05) is 93.6 Å². The Morgan fingerprint density at radius 1 is 0.549 bits per heavy atom. The van der Waals surface area contributed by atoms with E-state index in [0.717, 1.165) is 62.1 Å². The van der Waals surface area contributed by atoms with E-state index in [2.05, 4.69) is 174 Å². The summed E-state index contributed by atoms with van der Waals surface area (Å²) in [5.74, 6) is 3.28. The van der Waals surface area contributed by atoms with Gasteiger partial charge in [-0.05, 0) is 83.2 Å². The molecule has 0 spiro atoms. The molecule has 0 aliphatic carbocycles. The number of rotatable bonds is 6. The van der Waals surface area contributed by atoms with E-state index in [9.17, 15) is 0 Å². The van der Waals surface area contributed by atoms with Crippen LogP contribution in [0.25, 0.3) is 27.6 Å². The van der Waals surface area contributed by atoms with Gasteiger partial charge in [-0.15, -0.1) is 0 Å². The molecule has 5 aromatic carbocycles. The summed E-state index contributed by atoms with van der Waals surface area (Å²) in [7, 11) is 0.